The van der Waals surface area contributed by atoms with Gasteiger partial charge in [-0.3, -0.25) is 0 Å². The van der Waals surface area contributed by atoms with E-state index >= 15 is 0 Å². The Bertz CT molecular complexity index is 57.0. The average Bonchev–Trinajstić information content (AvgIpc) is 1.88. The highest BCUT2D eigenvalue weighted by Gasteiger charge is 1.77. The van der Waals surface area contributed by atoms with Crippen LogP contribution in [0.4, 0.5) is 0 Å². The average molecular weight is 183 g/mol. The summed E-state index contributed by atoms with van der Waals surface area (Å²) in [7, 11) is -2.62. The molecule has 11 heavy (non-hydrogen) atoms. The summed E-state index contributed by atoms with van der Waals surface area (Å²) < 4.78 is 0. The van der Waals surface area contributed by atoms with Crippen LogP contribution in [-0.4, -0.2) is 27.8 Å². The lowest BCUT2D eigenvalue weighted by atomic mass is 10.4. The summed E-state index contributed by atoms with van der Waals surface area (Å²) in [4.78, 5) is 21.7. The minimum absolute atomic E-state index is 1.17. The highest BCUT2D eigenvalue weighted by Crippen LogP contribution is 2.11. The Labute approximate surface area is 69.3 Å². The van der Waals surface area contributed by atoms with Gasteiger partial charge in [0.05, 0.1) is 0 Å². The first-order chi connectivity index (χ1) is 5.15. The van der Waals surface area contributed by atoms with Crippen LogP contribution >= 0.6 is 8.60 Å². The van der Waals surface area contributed by atoms with Crippen LogP contribution < -0.4 is 5.32 Å². The van der Waals surface area contributed by atoms with Crippen LogP contribution in [0.1, 0.15) is 26.7 Å². The van der Waals surface area contributed by atoms with Gasteiger partial charge in [-0.2, -0.15) is 0 Å². The minimum atomic E-state index is -2.62. The van der Waals surface area contributed by atoms with Gasteiger partial charge in [0.25, 0.3) is 0 Å². The Morgan fingerprint density at radius 3 is 1.45 bits per heavy atom. The van der Waals surface area contributed by atoms with Gasteiger partial charge in [-0.15, -0.1) is 0 Å². The maximum atomic E-state index is 7.23. The molecule has 0 aromatic rings. The molecule has 0 spiro atoms. The second-order valence-electron chi connectivity index (χ2n) is 2.02. The minimum Gasteiger partial charge on any atom is -0.328 e. The molecule has 0 aliphatic carbocycles. The standard InChI is InChI=1S/C6H15N.H3O3P/c1-3-5-7-6-4-2;1-4(2)3/h7H,3-6H2,1-2H3;1-3H. The summed E-state index contributed by atoms with van der Waals surface area (Å²) >= 11 is 0. The Morgan fingerprint density at radius 2 is 1.27 bits per heavy atom. The van der Waals surface area contributed by atoms with Crippen molar-refractivity contribution in [3.8, 4) is 0 Å². The molecule has 0 fully saturated rings. The molecule has 0 bridgehead atoms. The van der Waals surface area contributed by atoms with E-state index in [-0.39, 0.29) is 0 Å². The van der Waals surface area contributed by atoms with Crippen LogP contribution in [0.5, 0.6) is 0 Å². The van der Waals surface area contributed by atoms with Crippen molar-refractivity contribution in [1.29, 1.82) is 0 Å². The summed E-state index contributed by atoms with van der Waals surface area (Å²) in [5, 5.41) is 3.28. The third-order valence-electron chi connectivity index (χ3n) is 0.854. The van der Waals surface area contributed by atoms with Crippen molar-refractivity contribution in [2.45, 2.75) is 26.7 Å². The number of rotatable bonds is 4. The van der Waals surface area contributed by atoms with Crippen LogP contribution in [0.25, 0.3) is 0 Å². The molecule has 0 aliphatic heterocycles. The first-order valence-corrected chi connectivity index (χ1v) is 4.92. The SMILES string of the molecule is CCCNCCC.OP(O)O. The van der Waals surface area contributed by atoms with Crippen molar-refractivity contribution in [2.24, 2.45) is 0 Å². The maximum absolute atomic E-state index is 7.23. The van der Waals surface area contributed by atoms with Crippen LogP contribution in [0.3, 0.4) is 0 Å². The quantitative estimate of drug-likeness (QED) is 0.380. The molecule has 0 saturated heterocycles. The summed E-state index contributed by atoms with van der Waals surface area (Å²) in [6.07, 6.45) is 2.50. The molecule has 0 aromatic carbocycles. The Kier molecular flexibility index (Phi) is 16.2. The van der Waals surface area contributed by atoms with Crippen molar-refractivity contribution in [3.05, 3.63) is 0 Å². The summed E-state index contributed by atoms with van der Waals surface area (Å²) in [5.74, 6) is 0. The smallest absolute Gasteiger partial charge is 0.324 e. The van der Waals surface area contributed by atoms with E-state index in [9.17, 15) is 0 Å². The molecule has 0 saturated carbocycles. The van der Waals surface area contributed by atoms with E-state index in [4.69, 9.17) is 14.7 Å². The third kappa shape index (κ3) is 38.5. The molecule has 5 heteroatoms. The fraction of sp³-hybridized carbons (Fsp3) is 1.00. The largest absolute Gasteiger partial charge is 0.328 e. The first kappa shape index (κ1) is 13.8. The van der Waals surface area contributed by atoms with Crippen molar-refractivity contribution in [3.63, 3.8) is 0 Å². The summed E-state index contributed by atoms with van der Waals surface area (Å²) in [5.41, 5.74) is 0. The van der Waals surface area contributed by atoms with Gasteiger partial charge in [0.15, 0.2) is 0 Å². The zero-order valence-electron chi connectivity index (χ0n) is 7.12. The molecule has 4 nitrogen and oxygen atoms in total. The van der Waals surface area contributed by atoms with Gasteiger partial charge in [-0.1, -0.05) is 13.8 Å². The highest BCUT2D eigenvalue weighted by atomic mass is 31.2. The fourth-order valence-electron chi connectivity index (χ4n) is 0.479. The maximum Gasteiger partial charge on any atom is 0.324 e. The first-order valence-electron chi connectivity index (χ1n) is 3.72. The molecule has 0 heterocycles. The molecule has 0 radical (unpaired) electrons. The predicted molar refractivity (Wildman–Crippen MR) is 47.0 cm³/mol. The van der Waals surface area contributed by atoms with Crippen LogP contribution in [-0.2, 0) is 0 Å². The molecule has 0 aliphatic rings. The molecule has 0 atom stereocenters. The molecule has 0 rings (SSSR count). The number of hydrogen-bond donors (Lipinski definition) is 4. The highest BCUT2D eigenvalue weighted by molar-refractivity contribution is 7.38. The predicted octanol–water partition coefficient (Wildman–Crippen LogP) is 0.586. The Balaban J connectivity index is 0. The van der Waals surface area contributed by atoms with Crippen molar-refractivity contribution in [1.82, 2.24) is 5.32 Å². The lowest BCUT2D eigenvalue weighted by Gasteiger charge is -1.95. The number of nitrogens with one attached hydrogen (secondary N) is 1. The lowest BCUT2D eigenvalue weighted by Crippen LogP contribution is -2.14. The van der Waals surface area contributed by atoms with Crippen molar-refractivity contribution in [2.75, 3.05) is 13.1 Å². The van der Waals surface area contributed by atoms with E-state index in [1.165, 1.54) is 25.9 Å². The molecule has 0 aromatic heterocycles. The molecular formula is C6H18NO3P. The zero-order chi connectivity index (χ0) is 9.11. The van der Waals surface area contributed by atoms with Gasteiger partial charge < -0.3 is 20.0 Å². The molecule has 70 valence electrons. The Morgan fingerprint density at radius 1 is 1.00 bits per heavy atom. The molecular weight excluding hydrogens is 165 g/mol. The van der Waals surface area contributed by atoms with E-state index in [2.05, 4.69) is 19.2 Å². The van der Waals surface area contributed by atoms with E-state index in [1.54, 1.807) is 0 Å². The van der Waals surface area contributed by atoms with Gasteiger partial charge in [0.2, 0.25) is 0 Å². The van der Waals surface area contributed by atoms with Crippen molar-refractivity contribution >= 4 is 8.60 Å². The summed E-state index contributed by atoms with van der Waals surface area (Å²) in [6.45, 7) is 6.72. The third-order valence-corrected chi connectivity index (χ3v) is 0.854. The van der Waals surface area contributed by atoms with Gasteiger partial charge in [-0.25, -0.2) is 0 Å². The fourth-order valence-corrected chi connectivity index (χ4v) is 0.479. The van der Waals surface area contributed by atoms with E-state index in [1.807, 2.05) is 0 Å². The van der Waals surface area contributed by atoms with Gasteiger partial charge in [0.1, 0.15) is 0 Å². The van der Waals surface area contributed by atoms with Gasteiger partial charge >= 0.3 is 8.60 Å². The van der Waals surface area contributed by atoms with E-state index in [0.717, 1.165) is 0 Å². The number of hydrogen-bond acceptors (Lipinski definition) is 4. The zero-order valence-corrected chi connectivity index (χ0v) is 8.01. The van der Waals surface area contributed by atoms with E-state index < -0.39 is 8.60 Å². The summed E-state index contributed by atoms with van der Waals surface area (Å²) in [6, 6.07) is 0. The van der Waals surface area contributed by atoms with Gasteiger partial charge in [-0.05, 0) is 25.9 Å². The van der Waals surface area contributed by atoms with E-state index in [0.29, 0.717) is 0 Å². The normalized spacial score (nSPS) is 9.27. The second-order valence-corrected chi connectivity index (χ2v) is 2.55. The molecule has 0 unspecified atom stereocenters. The van der Waals surface area contributed by atoms with Gasteiger partial charge in [0, 0.05) is 0 Å². The topological polar surface area (TPSA) is 72.7 Å². The molecule has 0 amide bonds. The molecule has 4 N–H and O–H groups in total. The van der Waals surface area contributed by atoms with Crippen LogP contribution in [0.15, 0.2) is 0 Å². The Hall–Kier alpha value is 0.270. The second kappa shape index (κ2) is 12.9. The van der Waals surface area contributed by atoms with Crippen LogP contribution in [0, 0.1) is 0 Å². The monoisotopic (exact) mass is 183 g/mol. The lowest BCUT2D eigenvalue weighted by molar-refractivity contribution is 0.368. The van der Waals surface area contributed by atoms with Crippen molar-refractivity contribution < 1.29 is 14.7 Å². The van der Waals surface area contributed by atoms with Crippen LogP contribution in [0.2, 0.25) is 0 Å².